The van der Waals surface area contributed by atoms with Crippen molar-refractivity contribution in [1.29, 1.82) is 0 Å². The van der Waals surface area contributed by atoms with Crippen molar-refractivity contribution in [3.8, 4) is 0 Å². The van der Waals surface area contributed by atoms with E-state index in [0.29, 0.717) is 36.9 Å². The highest BCUT2D eigenvalue weighted by atomic mass is 35.5. The number of carbonyl (C=O) groups is 2. The number of nitrogens with zero attached hydrogens (tertiary/aromatic N) is 2. The van der Waals surface area contributed by atoms with Crippen LogP contribution in [0.4, 0.5) is 15.3 Å². The van der Waals surface area contributed by atoms with Gasteiger partial charge in [-0.2, -0.15) is 0 Å². The molecular formula is C15H20ClN3O3. The maximum atomic E-state index is 12.4. The van der Waals surface area contributed by atoms with Gasteiger partial charge in [0, 0.05) is 36.9 Å². The predicted molar refractivity (Wildman–Crippen MR) is 85.4 cm³/mol. The summed E-state index contributed by atoms with van der Waals surface area (Å²) in [5, 5.41) is 3.49. The number of anilines is 1. The summed E-state index contributed by atoms with van der Waals surface area (Å²) in [5.41, 5.74) is 1.54. The molecule has 7 heteroatoms. The number of benzene rings is 1. The number of urea groups is 1. The zero-order chi connectivity index (χ0) is 16.1. The van der Waals surface area contributed by atoms with Crippen LogP contribution in [-0.2, 0) is 4.74 Å². The Kier molecular flexibility index (Phi) is 5.49. The summed E-state index contributed by atoms with van der Waals surface area (Å²) in [6.07, 6.45) is 0.366. The van der Waals surface area contributed by atoms with Gasteiger partial charge in [0.2, 0.25) is 0 Å². The number of methoxy groups -OCH3 is 1. The van der Waals surface area contributed by atoms with Crippen LogP contribution in [0.2, 0.25) is 5.02 Å². The molecule has 1 heterocycles. The Hall–Kier alpha value is -1.95. The van der Waals surface area contributed by atoms with Crippen LogP contribution in [0.1, 0.15) is 12.0 Å². The first-order valence-electron chi connectivity index (χ1n) is 7.17. The molecule has 1 fully saturated rings. The molecule has 120 valence electrons. The van der Waals surface area contributed by atoms with E-state index in [4.69, 9.17) is 16.3 Å². The monoisotopic (exact) mass is 325 g/mol. The second-order valence-corrected chi connectivity index (χ2v) is 5.55. The van der Waals surface area contributed by atoms with Crippen LogP contribution in [0, 0.1) is 6.92 Å². The summed E-state index contributed by atoms with van der Waals surface area (Å²) in [4.78, 5) is 27.2. The number of nitrogens with one attached hydrogen (secondary N) is 1. The van der Waals surface area contributed by atoms with Crippen molar-refractivity contribution in [2.24, 2.45) is 0 Å². The average molecular weight is 326 g/mol. The molecule has 0 radical (unpaired) electrons. The molecule has 0 spiro atoms. The number of rotatable bonds is 1. The molecule has 6 nitrogen and oxygen atoms in total. The molecule has 1 aliphatic rings. The van der Waals surface area contributed by atoms with Crippen LogP contribution < -0.4 is 5.32 Å². The molecule has 0 bridgehead atoms. The van der Waals surface area contributed by atoms with Gasteiger partial charge in [0.05, 0.1) is 7.11 Å². The third-order valence-corrected chi connectivity index (χ3v) is 4.13. The Morgan fingerprint density at radius 2 is 1.86 bits per heavy atom. The highest BCUT2D eigenvalue weighted by molar-refractivity contribution is 6.31. The Bertz CT molecular complexity index is 565. The summed E-state index contributed by atoms with van der Waals surface area (Å²) in [6.45, 7) is 3.99. The molecule has 1 N–H and O–H groups in total. The van der Waals surface area contributed by atoms with Crippen LogP contribution in [0.5, 0.6) is 0 Å². The molecule has 0 atom stereocenters. The maximum absolute atomic E-state index is 12.4. The number of ether oxygens (including phenoxy) is 1. The van der Waals surface area contributed by atoms with Crippen molar-refractivity contribution in [2.45, 2.75) is 13.3 Å². The van der Waals surface area contributed by atoms with Gasteiger partial charge in [0.25, 0.3) is 0 Å². The van der Waals surface area contributed by atoms with Gasteiger partial charge in [0.1, 0.15) is 0 Å². The standard InChI is InChI=1S/C15H20ClN3O3/c1-11-12(16)5-3-6-13(11)17-14(20)18-7-4-8-19(10-9-18)15(21)22-2/h3,5-6H,4,7-10H2,1-2H3,(H,17,20). The molecule has 0 aromatic heterocycles. The van der Waals surface area contributed by atoms with Crippen molar-refractivity contribution < 1.29 is 14.3 Å². The fourth-order valence-corrected chi connectivity index (χ4v) is 2.54. The first kappa shape index (κ1) is 16.4. The molecule has 1 aliphatic heterocycles. The van der Waals surface area contributed by atoms with Crippen molar-refractivity contribution in [2.75, 3.05) is 38.6 Å². The number of carbonyl (C=O) groups excluding carboxylic acids is 2. The summed E-state index contributed by atoms with van der Waals surface area (Å²) in [7, 11) is 1.36. The van der Waals surface area contributed by atoms with Crippen LogP contribution in [0.15, 0.2) is 18.2 Å². The minimum atomic E-state index is -0.354. The van der Waals surface area contributed by atoms with Gasteiger partial charge in [0.15, 0.2) is 0 Å². The van der Waals surface area contributed by atoms with Gasteiger partial charge in [-0.3, -0.25) is 0 Å². The third-order valence-electron chi connectivity index (χ3n) is 3.73. The highest BCUT2D eigenvalue weighted by Gasteiger charge is 2.22. The smallest absolute Gasteiger partial charge is 0.409 e. The lowest BCUT2D eigenvalue weighted by molar-refractivity contribution is 0.125. The number of halogens is 1. The molecule has 22 heavy (non-hydrogen) atoms. The number of hydrogen-bond acceptors (Lipinski definition) is 3. The Morgan fingerprint density at radius 3 is 2.59 bits per heavy atom. The molecule has 3 amide bonds. The van der Waals surface area contributed by atoms with E-state index in [1.807, 2.05) is 13.0 Å². The quantitative estimate of drug-likeness (QED) is 0.863. The van der Waals surface area contributed by atoms with E-state index in [9.17, 15) is 9.59 Å². The summed E-state index contributed by atoms with van der Waals surface area (Å²) >= 11 is 6.06. The van der Waals surface area contributed by atoms with Gasteiger partial charge in [-0.05, 0) is 31.0 Å². The average Bonchev–Trinajstić information content (AvgIpc) is 2.77. The van der Waals surface area contributed by atoms with Crippen molar-refractivity contribution in [3.05, 3.63) is 28.8 Å². The lowest BCUT2D eigenvalue weighted by atomic mass is 10.2. The number of hydrogen-bond donors (Lipinski definition) is 1. The van der Waals surface area contributed by atoms with E-state index < -0.39 is 0 Å². The van der Waals surface area contributed by atoms with Gasteiger partial charge < -0.3 is 19.9 Å². The van der Waals surface area contributed by atoms with E-state index in [2.05, 4.69) is 5.32 Å². The fraction of sp³-hybridized carbons (Fsp3) is 0.467. The third kappa shape index (κ3) is 3.82. The zero-order valence-electron chi connectivity index (χ0n) is 12.8. The van der Waals surface area contributed by atoms with E-state index in [0.717, 1.165) is 12.0 Å². The van der Waals surface area contributed by atoms with Crippen molar-refractivity contribution >= 4 is 29.4 Å². The van der Waals surface area contributed by atoms with Gasteiger partial charge in [-0.25, -0.2) is 9.59 Å². The van der Waals surface area contributed by atoms with Crippen molar-refractivity contribution in [3.63, 3.8) is 0 Å². The molecule has 0 saturated carbocycles. The zero-order valence-corrected chi connectivity index (χ0v) is 13.5. The molecular weight excluding hydrogens is 306 g/mol. The van der Waals surface area contributed by atoms with Crippen molar-refractivity contribution in [1.82, 2.24) is 9.80 Å². The van der Waals surface area contributed by atoms with E-state index in [-0.39, 0.29) is 12.1 Å². The molecule has 0 unspecified atom stereocenters. The van der Waals surface area contributed by atoms with Crippen LogP contribution in [-0.4, -0.2) is 55.2 Å². The topological polar surface area (TPSA) is 61.9 Å². The van der Waals surface area contributed by atoms with Crippen LogP contribution >= 0.6 is 11.6 Å². The van der Waals surface area contributed by atoms with Crippen LogP contribution in [0.25, 0.3) is 0 Å². The lowest BCUT2D eigenvalue weighted by Crippen LogP contribution is -2.39. The molecule has 2 rings (SSSR count). The molecule has 0 aliphatic carbocycles. The largest absolute Gasteiger partial charge is 0.453 e. The minimum Gasteiger partial charge on any atom is -0.453 e. The van der Waals surface area contributed by atoms with Gasteiger partial charge in [-0.15, -0.1) is 0 Å². The molecule has 1 aromatic carbocycles. The fourth-order valence-electron chi connectivity index (χ4n) is 2.37. The summed E-state index contributed by atoms with van der Waals surface area (Å²) < 4.78 is 4.72. The first-order valence-corrected chi connectivity index (χ1v) is 7.54. The molecule has 1 saturated heterocycles. The second-order valence-electron chi connectivity index (χ2n) is 5.14. The number of amides is 3. The predicted octanol–water partition coefficient (Wildman–Crippen LogP) is 2.95. The normalized spacial score (nSPS) is 15.2. The summed E-state index contributed by atoms with van der Waals surface area (Å²) in [5.74, 6) is 0. The second kappa shape index (κ2) is 7.35. The van der Waals surface area contributed by atoms with E-state index >= 15 is 0 Å². The highest BCUT2D eigenvalue weighted by Crippen LogP contribution is 2.23. The molecule has 1 aromatic rings. The Labute approximate surface area is 135 Å². The Balaban J connectivity index is 1.98. The maximum Gasteiger partial charge on any atom is 0.409 e. The van der Waals surface area contributed by atoms with E-state index in [1.54, 1.807) is 21.9 Å². The van der Waals surface area contributed by atoms with Gasteiger partial charge >= 0.3 is 12.1 Å². The van der Waals surface area contributed by atoms with Crippen LogP contribution in [0.3, 0.4) is 0 Å². The SMILES string of the molecule is COC(=O)N1CCCN(C(=O)Nc2cccc(Cl)c2C)CC1. The Morgan fingerprint density at radius 1 is 1.18 bits per heavy atom. The van der Waals surface area contributed by atoms with E-state index in [1.165, 1.54) is 7.11 Å². The summed E-state index contributed by atoms with van der Waals surface area (Å²) in [6, 6.07) is 5.22. The lowest BCUT2D eigenvalue weighted by Gasteiger charge is -2.22. The minimum absolute atomic E-state index is 0.183. The first-order chi connectivity index (χ1) is 10.5. The van der Waals surface area contributed by atoms with Gasteiger partial charge in [-0.1, -0.05) is 17.7 Å².